The molecular weight excluding hydrogens is 352 g/mol. The molecule has 0 aliphatic carbocycles. The van der Waals surface area contributed by atoms with E-state index in [2.05, 4.69) is 9.72 Å². The summed E-state index contributed by atoms with van der Waals surface area (Å²) in [7, 11) is 1.31. The number of esters is 1. The lowest BCUT2D eigenvalue weighted by molar-refractivity contribution is 0.0563. The predicted octanol–water partition coefficient (Wildman–Crippen LogP) is 4.04. The normalized spacial score (nSPS) is 12.3. The zero-order valence-electron chi connectivity index (χ0n) is 14.9. The molecule has 0 fully saturated rings. The van der Waals surface area contributed by atoms with Gasteiger partial charge < -0.3 is 9.15 Å². The van der Waals surface area contributed by atoms with Crippen molar-refractivity contribution in [1.82, 2.24) is 9.55 Å². The highest BCUT2D eigenvalue weighted by Crippen LogP contribution is 2.26. The predicted molar refractivity (Wildman–Crippen MR) is 101 cm³/mol. The van der Waals surface area contributed by atoms with Crippen molar-refractivity contribution in [2.24, 2.45) is 0 Å². The van der Waals surface area contributed by atoms with E-state index in [1.54, 1.807) is 22.8 Å². The van der Waals surface area contributed by atoms with Crippen LogP contribution in [0.3, 0.4) is 0 Å². The van der Waals surface area contributed by atoms with Gasteiger partial charge in [-0.15, -0.1) is 0 Å². The second-order valence-electron chi connectivity index (χ2n) is 5.89. The molecule has 7 heteroatoms. The highest BCUT2D eigenvalue weighted by atomic mass is 32.2. The summed E-state index contributed by atoms with van der Waals surface area (Å²) in [5.74, 6) is 0.724. The van der Waals surface area contributed by atoms with E-state index in [-0.39, 0.29) is 17.4 Å². The molecule has 0 aliphatic rings. The van der Waals surface area contributed by atoms with Crippen molar-refractivity contribution < 1.29 is 13.9 Å². The van der Waals surface area contributed by atoms with E-state index in [0.29, 0.717) is 27.6 Å². The molecule has 2 heterocycles. The van der Waals surface area contributed by atoms with Crippen molar-refractivity contribution in [2.45, 2.75) is 37.2 Å². The van der Waals surface area contributed by atoms with Crippen LogP contribution in [0, 0.1) is 0 Å². The Hall–Kier alpha value is -2.54. The lowest BCUT2D eigenvalue weighted by Gasteiger charge is -2.17. The number of hydrogen-bond donors (Lipinski definition) is 0. The molecule has 2 aromatic heterocycles. The van der Waals surface area contributed by atoms with Gasteiger partial charge in [0.15, 0.2) is 5.16 Å². The highest BCUT2D eigenvalue weighted by molar-refractivity contribution is 7.98. The van der Waals surface area contributed by atoms with Crippen LogP contribution >= 0.6 is 11.8 Å². The topological polar surface area (TPSA) is 74.3 Å². The van der Waals surface area contributed by atoms with E-state index < -0.39 is 5.97 Å². The van der Waals surface area contributed by atoms with Crippen molar-refractivity contribution in [3.8, 4) is 0 Å². The number of benzene rings is 1. The summed E-state index contributed by atoms with van der Waals surface area (Å²) in [5.41, 5.74) is 0.636. The molecule has 3 rings (SSSR count). The molecule has 0 unspecified atom stereocenters. The minimum Gasteiger partial charge on any atom is -0.463 e. The maximum atomic E-state index is 12.9. The Morgan fingerprint density at radius 2 is 2.08 bits per heavy atom. The van der Waals surface area contributed by atoms with E-state index >= 15 is 0 Å². The summed E-state index contributed by atoms with van der Waals surface area (Å²) in [5, 5.41) is 1.25. The summed E-state index contributed by atoms with van der Waals surface area (Å²) in [4.78, 5) is 29.1. The third kappa shape index (κ3) is 3.53. The van der Waals surface area contributed by atoms with Crippen LogP contribution in [0.25, 0.3) is 10.9 Å². The first-order valence-electron chi connectivity index (χ1n) is 8.36. The molecule has 6 nitrogen and oxygen atoms in total. The Bertz CT molecular complexity index is 993. The Balaban J connectivity index is 1.94. The summed E-state index contributed by atoms with van der Waals surface area (Å²) >= 11 is 1.41. The van der Waals surface area contributed by atoms with Crippen LogP contribution in [0.1, 0.15) is 42.6 Å². The molecule has 1 atom stereocenters. The Morgan fingerprint density at radius 3 is 2.81 bits per heavy atom. The van der Waals surface area contributed by atoms with Crippen molar-refractivity contribution in [3.63, 3.8) is 0 Å². The summed E-state index contributed by atoms with van der Waals surface area (Å²) in [6.07, 6.45) is 0.820. The van der Waals surface area contributed by atoms with Crippen LogP contribution in [0.4, 0.5) is 0 Å². The minimum absolute atomic E-state index is 0.0318. The average molecular weight is 372 g/mol. The Kier molecular flexibility index (Phi) is 5.46. The minimum atomic E-state index is -0.512. The molecule has 0 amide bonds. The zero-order valence-corrected chi connectivity index (χ0v) is 15.7. The molecule has 0 saturated heterocycles. The van der Waals surface area contributed by atoms with Crippen molar-refractivity contribution in [1.29, 1.82) is 0 Å². The number of ether oxygens (including phenoxy) is 1. The standard InChI is InChI=1S/C19H20N2O4S/c1-4-12(2)21-17(22)14-7-5-6-8-15(14)20-19(21)26-11-13-9-10-16(25-13)18(23)24-3/h5-10,12H,4,11H2,1-3H3/t12-/m1/s1. The van der Waals surface area contributed by atoms with Crippen LogP contribution in [0.5, 0.6) is 0 Å². The average Bonchev–Trinajstić information content (AvgIpc) is 3.14. The first-order chi connectivity index (χ1) is 12.5. The molecule has 26 heavy (non-hydrogen) atoms. The third-order valence-electron chi connectivity index (χ3n) is 4.20. The van der Waals surface area contributed by atoms with Gasteiger partial charge in [0.25, 0.3) is 5.56 Å². The number of thioether (sulfide) groups is 1. The van der Waals surface area contributed by atoms with Crippen molar-refractivity contribution >= 4 is 28.6 Å². The van der Waals surface area contributed by atoms with Gasteiger partial charge in [-0.05, 0) is 37.6 Å². The van der Waals surface area contributed by atoms with Gasteiger partial charge in [0.2, 0.25) is 5.76 Å². The van der Waals surface area contributed by atoms with E-state index in [4.69, 9.17) is 4.42 Å². The molecule has 0 spiro atoms. The Labute approximate surface area is 155 Å². The Morgan fingerprint density at radius 1 is 1.31 bits per heavy atom. The number of furan rings is 1. The van der Waals surface area contributed by atoms with E-state index in [9.17, 15) is 9.59 Å². The number of rotatable bonds is 6. The van der Waals surface area contributed by atoms with Crippen LogP contribution in [-0.4, -0.2) is 22.6 Å². The summed E-state index contributed by atoms with van der Waals surface area (Å²) in [6.45, 7) is 4.04. The summed E-state index contributed by atoms with van der Waals surface area (Å²) < 4.78 is 11.9. The van der Waals surface area contributed by atoms with Crippen LogP contribution in [0.15, 0.2) is 50.8 Å². The number of aromatic nitrogens is 2. The number of para-hydroxylation sites is 1. The molecule has 136 valence electrons. The lowest BCUT2D eigenvalue weighted by Crippen LogP contribution is -2.26. The van der Waals surface area contributed by atoms with Gasteiger partial charge in [-0.1, -0.05) is 30.8 Å². The van der Waals surface area contributed by atoms with Crippen LogP contribution in [-0.2, 0) is 10.5 Å². The van der Waals surface area contributed by atoms with E-state index in [1.165, 1.54) is 18.9 Å². The maximum Gasteiger partial charge on any atom is 0.373 e. The van der Waals surface area contributed by atoms with Crippen molar-refractivity contribution in [2.75, 3.05) is 7.11 Å². The molecule has 0 saturated carbocycles. The van der Waals surface area contributed by atoms with E-state index in [0.717, 1.165) is 6.42 Å². The molecule has 0 radical (unpaired) electrons. The molecule has 3 aromatic rings. The third-order valence-corrected chi connectivity index (χ3v) is 5.17. The number of hydrogen-bond acceptors (Lipinski definition) is 6. The SMILES string of the molecule is CC[C@@H](C)n1c(SCc2ccc(C(=O)OC)o2)nc2ccccc2c1=O. The fraction of sp³-hybridized carbons (Fsp3) is 0.316. The van der Waals surface area contributed by atoms with Gasteiger partial charge in [0, 0.05) is 6.04 Å². The lowest BCUT2D eigenvalue weighted by atomic mass is 10.2. The van der Waals surface area contributed by atoms with Crippen LogP contribution < -0.4 is 5.56 Å². The first kappa shape index (κ1) is 18.3. The van der Waals surface area contributed by atoms with Gasteiger partial charge in [0.05, 0.1) is 23.8 Å². The van der Waals surface area contributed by atoms with E-state index in [1.807, 2.05) is 32.0 Å². The van der Waals surface area contributed by atoms with Gasteiger partial charge in [-0.2, -0.15) is 0 Å². The molecular formula is C19H20N2O4S. The second kappa shape index (κ2) is 7.78. The van der Waals surface area contributed by atoms with Crippen LogP contribution in [0.2, 0.25) is 0 Å². The zero-order chi connectivity index (χ0) is 18.7. The first-order valence-corrected chi connectivity index (χ1v) is 9.34. The smallest absolute Gasteiger partial charge is 0.373 e. The fourth-order valence-electron chi connectivity index (χ4n) is 2.60. The molecule has 0 aliphatic heterocycles. The number of methoxy groups -OCH3 is 1. The van der Waals surface area contributed by atoms with Gasteiger partial charge in [-0.25, -0.2) is 9.78 Å². The van der Waals surface area contributed by atoms with Gasteiger partial charge in [0.1, 0.15) is 5.76 Å². The largest absolute Gasteiger partial charge is 0.463 e. The summed E-state index contributed by atoms with van der Waals surface area (Å²) in [6, 6.07) is 10.7. The van der Waals surface area contributed by atoms with Gasteiger partial charge >= 0.3 is 5.97 Å². The number of carbonyl (C=O) groups excluding carboxylic acids is 1. The number of nitrogens with zero attached hydrogens (tertiary/aromatic N) is 2. The molecule has 0 bridgehead atoms. The molecule has 0 N–H and O–H groups in total. The second-order valence-corrected chi connectivity index (χ2v) is 6.83. The highest BCUT2D eigenvalue weighted by Gasteiger charge is 2.17. The quantitative estimate of drug-likeness (QED) is 0.369. The molecule has 1 aromatic carbocycles. The number of fused-ring (bicyclic) bond motifs is 1. The van der Waals surface area contributed by atoms with Gasteiger partial charge in [-0.3, -0.25) is 9.36 Å². The van der Waals surface area contributed by atoms with Crippen molar-refractivity contribution in [3.05, 3.63) is 58.3 Å². The monoisotopic (exact) mass is 372 g/mol. The maximum absolute atomic E-state index is 12.9. The number of carbonyl (C=O) groups is 1. The fourth-order valence-corrected chi connectivity index (χ4v) is 3.59.